The van der Waals surface area contributed by atoms with Gasteiger partial charge in [-0.15, -0.1) is 0 Å². The second-order valence-corrected chi connectivity index (χ2v) is 6.21. The SMILES string of the molecule is CN(CC=C(C#Cc1ccc2ccccc2n1)c1ccccc1)CC(=O)O. The molecule has 4 nitrogen and oxygen atoms in total. The summed E-state index contributed by atoms with van der Waals surface area (Å²) in [5, 5.41) is 9.99. The largest absolute Gasteiger partial charge is 0.480 e. The lowest BCUT2D eigenvalue weighted by atomic mass is 10.1. The molecule has 0 spiro atoms. The van der Waals surface area contributed by atoms with E-state index in [0.717, 1.165) is 22.0 Å². The molecule has 0 aliphatic heterocycles. The van der Waals surface area contributed by atoms with E-state index in [2.05, 4.69) is 16.8 Å². The normalized spacial score (nSPS) is 11.3. The van der Waals surface area contributed by atoms with Crippen LogP contribution in [0.25, 0.3) is 16.5 Å². The molecule has 3 rings (SSSR count). The number of carboxylic acid groups (broad SMARTS) is 1. The number of pyridine rings is 1. The van der Waals surface area contributed by atoms with Crippen LogP contribution < -0.4 is 0 Å². The fourth-order valence-electron chi connectivity index (χ4n) is 2.67. The van der Waals surface area contributed by atoms with Crippen LogP contribution in [0.4, 0.5) is 0 Å². The third-order valence-corrected chi connectivity index (χ3v) is 4.02. The third kappa shape index (κ3) is 5.27. The van der Waals surface area contributed by atoms with Gasteiger partial charge < -0.3 is 5.11 Å². The predicted octanol–water partition coefficient (Wildman–Crippen LogP) is 3.69. The molecule has 1 aromatic heterocycles. The van der Waals surface area contributed by atoms with Crippen molar-refractivity contribution in [3.8, 4) is 11.8 Å². The van der Waals surface area contributed by atoms with Crippen molar-refractivity contribution in [2.45, 2.75) is 0 Å². The lowest BCUT2D eigenvalue weighted by molar-refractivity contribution is -0.137. The summed E-state index contributed by atoms with van der Waals surface area (Å²) in [5.41, 5.74) is 3.46. The standard InChI is InChI=1S/C23H20N2O2/c1-25(17-23(26)27)16-15-19(18-7-3-2-4-8-18)11-13-21-14-12-20-9-5-6-10-22(20)24-21/h2-10,12,14-15H,16-17H2,1H3,(H,26,27). The minimum absolute atomic E-state index is 0.0156. The van der Waals surface area contributed by atoms with Crippen LogP contribution in [0, 0.1) is 11.8 Å². The molecule has 0 unspecified atom stereocenters. The number of hydrogen-bond acceptors (Lipinski definition) is 3. The Balaban J connectivity index is 1.89. The number of carboxylic acids is 1. The monoisotopic (exact) mass is 356 g/mol. The van der Waals surface area contributed by atoms with E-state index < -0.39 is 5.97 Å². The smallest absolute Gasteiger partial charge is 0.317 e. The first-order valence-corrected chi connectivity index (χ1v) is 8.65. The number of benzene rings is 2. The first-order valence-electron chi connectivity index (χ1n) is 8.65. The molecule has 0 aliphatic rings. The molecule has 1 N–H and O–H groups in total. The Hall–Kier alpha value is -3.42. The molecule has 27 heavy (non-hydrogen) atoms. The summed E-state index contributed by atoms with van der Waals surface area (Å²) in [7, 11) is 1.77. The highest BCUT2D eigenvalue weighted by Crippen LogP contribution is 2.14. The Morgan fingerprint density at radius 1 is 1.07 bits per heavy atom. The number of carbonyl (C=O) groups is 1. The van der Waals surface area contributed by atoms with Crippen LogP contribution in [-0.4, -0.2) is 41.1 Å². The summed E-state index contributed by atoms with van der Waals surface area (Å²) >= 11 is 0. The van der Waals surface area contributed by atoms with Crippen LogP contribution in [0.3, 0.4) is 0 Å². The Morgan fingerprint density at radius 3 is 2.59 bits per heavy atom. The van der Waals surface area contributed by atoms with Gasteiger partial charge in [-0.2, -0.15) is 0 Å². The number of para-hydroxylation sites is 1. The highest BCUT2D eigenvalue weighted by atomic mass is 16.4. The lowest BCUT2D eigenvalue weighted by Crippen LogP contribution is -2.25. The van der Waals surface area contributed by atoms with Crippen molar-refractivity contribution in [2.75, 3.05) is 20.1 Å². The average molecular weight is 356 g/mol. The van der Waals surface area contributed by atoms with E-state index in [1.807, 2.05) is 72.8 Å². The van der Waals surface area contributed by atoms with Gasteiger partial charge in [-0.25, -0.2) is 4.98 Å². The van der Waals surface area contributed by atoms with Crippen molar-refractivity contribution in [3.05, 3.63) is 84.1 Å². The molecule has 1 heterocycles. The van der Waals surface area contributed by atoms with E-state index >= 15 is 0 Å². The molecule has 0 bridgehead atoms. The van der Waals surface area contributed by atoms with Crippen molar-refractivity contribution in [2.24, 2.45) is 0 Å². The fraction of sp³-hybridized carbons (Fsp3) is 0.130. The molecule has 0 saturated carbocycles. The summed E-state index contributed by atoms with van der Waals surface area (Å²) < 4.78 is 0. The first kappa shape index (κ1) is 18.4. The summed E-state index contributed by atoms with van der Waals surface area (Å²) in [5.74, 6) is 5.49. The third-order valence-electron chi connectivity index (χ3n) is 4.02. The zero-order valence-electron chi connectivity index (χ0n) is 15.1. The number of aromatic nitrogens is 1. The molecule has 0 aliphatic carbocycles. The summed E-state index contributed by atoms with van der Waals surface area (Å²) in [4.78, 5) is 17.2. The maximum atomic E-state index is 10.8. The Labute approximate surface area is 158 Å². The molecular weight excluding hydrogens is 336 g/mol. The average Bonchev–Trinajstić information content (AvgIpc) is 2.68. The molecular formula is C23H20N2O2. The van der Waals surface area contributed by atoms with Crippen LogP contribution in [0.5, 0.6) is 0 Å². The van der Waals surface area contributed by atoms with Crippen molar-refractivity contribution in [1.82, 2.24) is 9.88 Å². The van der Waals surface area contributed by atoms with Crippen LogP contribution in [0.1, 0.15) is 11.3 Å². The Bertz CT molecular complexity index is 1030. The Morgan fingerprint density at radius 2 is 1.81 bits per heavy atom. The van der Waals surface area contributed by atoms with Gasteiger partial charge in [-0.05, 0) is 30.7 Å². The zero-order chi connectivity index (χ0) is 19.1. The molecule has 0 fully saturated rings. The predicted molar refractivity (Wildman–Crippen MR) is 108 cm³/mol. The quantitative estimate of drug-likeness (QED) is 0.709. The van der Waals surface area contributed by atoms with Crippen molar-refractivity contribution in [1.29, 1.82) is 0 Å². The van der Waals surface area contributed by atoms with Crippen molar-refractivity contribution < 1.29 is 9.90 Å². The number of aliphatic carboxylic acids is 1. The highest BCUT2D eigenvalue weighted by molar-refractivity contribution is 5.81. The van der Waals surface area contributed by atoms with E-state index in [4.69, 9.17) is 5.11 Å². The maximum Gasteiger partial charge on any atom is 0.317 e. The molecule has 4 heteroatoms. The molecule has 0 radical (unpaired) electrons. The van der Waals surface area contributed by atoms with E-state index in [0.29, 0.717) is 12.2 Å². The van der Waals surface area contributed by atoms with Crippen LogP contribution in [0.15, 0.2) is 72.8 Å². The van der Waals surface area contributed by atoms with E-state index in [-0.39, 0.29) is 6.54 Å². The number of rotatable bonds is 5. The molecule has 0 amide bonds. The highest BCUT2D eigenvalue weighted by Gasteiger charge is 2.04. The lowest BCUT2D eigenvalue weighted by Gasteiger charge is -2.11. The van der Waals surface area contributed by atoms with Gasteiger partial charge in [0.25, 0.3) is 0 Å². The number of nitrogens with zero attached hydrogens (tertiary/aromatic N) is 2. The van der Waals surface area contributed by atoms with Gasteiger partial charge in [0.1, 0.15) is 5.69 Å². The van der Waals surface area contributed by atoms with Gasteiger partial charge in [0.15, 0.2) is 0 Å². The number of fused-ring (bicyclic) bond motifs is 1. The second-order valence-electron chi connectivity index (χ2n) is 6.21. The zero-order valence-corrected chi connectivity index (χ0v) is 15.1. The van der Waals surface area contributed by atoms with Crippen LogP contribution in [0.2, 0.25) is 0 Å². The van der Waals surface area contributed by atoms with Crippen LogP contribution in [-0.2, 0) is 4.79 Å². The van der Waals surface area contributed by atoms with Crippen LogP contribution >= 0.6 is 0 Å². The fourth-order valence-corrected chi connectivity index (χ4v) is 2.67. The van der Waals surface area contributed by atoms with E-state index in [1.54, 1.807) is 11.9 Å². The number of allylic oxidation sites excluding steroid dienone is 1. The topological polar surface area (TPSA) is 53.4 Å². The van der Waals surface area contributed by atoms with E-state index in [9.17, 15) is 4.79 Å². The second kappa shape index (κ2) is 8.79. The molecule has 0 saturated heterocycles. The van der Waals surface area contributed by atoms with Gasteiger partial charge in [-0.3, -0.25) is 9.69 Å². The van der Waals surface area contributed by atoms with Gasteiger partial charge in [-0.1, -0.05) is 66.6 Å². The van der Waals surface area contributed by atoms with E-state index in [1.165, 1.54) is 0 Å². The van der Waals surface area contributed by atoms with Gasteiger partial charge in [0, 0.05) is 17.5 Å². The van der Waals surface area contributed by atoms with Gasteiger partial charge >= 0.3 is 5.97 Å². The first-order chi connectivity index (χ1) is 13.1. The number of hydrogen-bond donors (Lipinski definition) is 1. The molecule has 0 atom stereocenters. The minimum Gasteiger partial charge on any atom is -0.480 e. The Kier molecular flexibility index (Phi) is 5.98. The number of likely N-dealkylation sites (N-methyl/N-ethyl adjacent to an activating group) is 1. The van der Waals surface area contributed by atoms with Crippen molar-refractivity contribution >= 4 is 22.4 Å². The maximum absolute atomic E-state index is 10.8. The molecule has 2 aromatic carbocycles. The minimum atomic E-state index is -0.849. The summed E-state index contributed by atoms with van der Waals surface area (Å²) in [6.07, 6.45) is 1.95. The summed E-state index contributed by atoms with van der Waals surface area (Å²) in [6.45, 7) is 0.481. The van der Waals surface area contributed by atoms with Crippen molar-refractivity contribution in [3.63, 3.8) is 0 Å². The van der Waals surface area contributed by atoms with Gasteiger partial charge in [0.05, 0.1) is 12.1 Å². The molecule has 134 valence electrons. The summed E-state index contributed by atoms with van der Waals surface area (Å²) in [6, 6.07) is 21.7. The van der Waals surface area contributed by atoms with Gasteiger partial charge in [0.2, 0.25) is 0 Å². The molecule has 3 aromatic rings.